The Balaban J connectivity index is 1.35. The molecule has 4 heterocycles. The number of hydrogen-bond donors (Lipinski definition) is 2. The summed E-state index contributed by atoms with van der Waals surface area (Å²) >= 11 is 0. The van der Waals surface area contributed by atoms with Gasteiger partial charge in [-0.3, -0.25) is 14.4 Å². The molecule has 0 spiro atoms. The van der Waals surface area contributed by atoms with Gasteiger partial charge >= 0.3 is 0 Å². The second kappa shape index (κ2) is 9.82. The summed E-state index contributed by atoms with van der Waals surface area (Å²) in [6, 6.07) is 8.33. The number of hydrogen-bond acceptors (Lipinski definition) is 6. The number of rotatable bonds is 6. The molecule has 3 aromatic rings. The van der Waals surface area contributed by atoms with Crippen molar-refractivity contribution in [3.8, 4) is 11.1 Å². The van der Waals surface area contributed by atoms with Crippen LogP contribution in [0.5, 0.6) is 0 Å². The molecule has 1 aromatic carbocycles. The fourth-order valence-corrected chi connectivity index (χ4v) is 5.01. The van der Waals surface area contributed by atoms with Gasteiger partial charge in [-0.2, -0.15) is 5.10 Å². The van der Waals surface area contributed by atoms with E-state index < -0.39 is 5.60 Å². The second-order valence-electron chi connectivity index (χ2n) is 9.80. The molecule has 2 aliphatic rings. The number of benzene rings is 1. The van der Waals surface area contributed by atoms with E-state index in [1.165, 1.54) is 25.0 Å². The molecule has 0 bridgehead atoms. The number of ether oxygens (including phenoxy) is 1. The summed E-state index contributed by atoms with van der Waals surface area (Å²) in [4.78, 5) is 19.6. The minimum Gasteiger partial charge on any atom is -0.372 e. The number of aromatic nitrogens is 3. The number of morpholine rings is 1. The first-order valence-corrected chi connectivity index (χ1v) is 12.3. The van der Waals surface area contributed by atoms with Crippen LogP contribution in [0.3, 0.4) is 0 Å². The molecule has 180 valence electrons. The normalized spacial score (nSPS) is 21.6. The van der Waals surface area contributed by atoms with Crippen molar-refractivity contribution in [1.29, 1.82) is 0 Å². The van der Waals surface area contributed by atoms with E-state index in [0.717, 1.165) is 48.1 Å². The van der Waals surface area contributed by atoms with Crippen molar-refractivity contribution in [2.24, 2.45) is 7.05 Å². The number of aryl methyl sites for hydroxylation is 1. The summed E-state index contributed by atoms with van der Waals surface area (Å²) < 4.78 is 7.82. The molecular weight excluding hydrogens is 428 g/mol. The van der Waals surface area contributed by atoms with E-state index >= 15 is 0 Å². The Morgan fingerprint density at radius 3 is 2.82 bits per heavy atom. The monoisotopic (exact) mass is 462 g/mol. The van der Waals surface area contributed by atoms with Gasteiger partial charge in [0.05, 0.1) is 30.5 Å². The van der Waals surface area contributed by atoms with Gasteiger partial charge < -0.3 is 15.4 Å². The Labute approximate surface area is 200 Å². The zero-order valence-corrected chi connectivity index (χ0v) is 20.1. The molecule has 2 aromatic heterocycles. The predicted octanol–water partition coefficient (Wildman–Crippen LogP) is 3.33. The lowest BCUT2D eigenvalue weighted by Crippen LogP contribution is -2.49. The first kappa shape index (κ1) is 23.0. The number of pyridine rings is 1. The molecule has 8 heteroatoms. The number of carbonyl (C=O) groups is 1. The molecule has 5 rings (SSSR count). The number of carbonyl (C=O) groups excluding carboxylic acids is 1. The van der Waals surface area contributed by atoms with E-state index in [0.29, 0.717) is 19.0 Å². The maximum atomic E-state index is 12.7. The summed E-state index contributed by atoms with van der Waals surface area (Å²) in [5.74, 6) is 0.465. The van der Waals surface area contributed by atoms with Gasteiger partial charge in [-0.1, -0.05) is 18.6 Å². The minimum absolute atomic E-state index is 0.0923. The van der Waals surface area contributed by atoms with Crippen LogP contribution in [0.4, 0.5) is 5.82 Å². The van der Waals surface area contributed by atoms with Gasteiger partial charge in [-0.05, 0) is 55.9 Å². The number of nitrogens with one attached hydrogen (secondary N) is 2. The second-order valence-corrected chi connectivity index (χ2v) is 9.80. The molecule has 0 aliphatic carbocycles. The lowest BCUT2D eigenvalue weighted by Gasteiger charge is -2.33. The van der Waals surface area contributed by atoms with Crippen LogP contribution >= 0.6 is 0 Å². The van der Waals surface area contributed by atoms with Crippen molar-refractivity contribution in [3.05, 3.63) is 42.4 Å². The third-order valence-electron chi connectivity index (χ3n) is 6.95. The summed E-state index contributed by atoms with van der Waals surface area (Å²) in [7, 11) is 2.02. The van der Waals surface area contributed by atoms with Crippen molar-refractivity contribution < 1.29 is 9.53 Å². The summed E-state index contributed by atoms with van der Waals surface area (Å²) in [5.41, 5.74) is 3.04. The average Bonchev–Trinajstić information content (AvgIpc) is 3.19. The molecule has 0 radical (unpaired) electrons. The van der Waals surface area contributed by atoms with Gasteiger partial charge in [0, 0.05) is 43.8 Å². The molecule has 1 amide bonds. The van der Waals surface area contributed by atoms with E-state index in [-0.39, 0.29) is 12.3 Å². The largest absolute Gasteiger partial charge is 0.372 e. The first-order valence-electron chi connectivity index (χ1n) is 12.3. The SMILES string of the molecule is Cn1ncc(-c2ccc3cnc(NC(=O)CC4(C)CNCCO4)cc3c2)c1CN1CCCCC1. The number of piperidine rings is 1. The van der Waals surface area contributed by atoms with Crippen LogP contribution in [-0.2, 0) is 23.1 Å². The van der Waals surface area contributed by atoms with E-state index in [1.807, 2.05) is 37.1 Å². The Kier molecular flexibility index (Phi) is 6.63. The summed E-state index contributed by atoms with van der Waals surface area (Å²) in [5, 5.41) is 12.9. The highest BCUT2D eigenvalue weighted by Gasteiger charge is 2.30. The molecule has 34 heavy (non-hydrogen) atoms. The smallest absolute Gasteiger partial charge is 0.228 e. The highest BCUT2D eigenvalue weighted by atomic mass is 16.5. The highest BCUT2D eigenvalue weighted by molar-refractivity contribution is 5.94. The molecule has 2 N–H and O–H groups in total. The number of fused-ring (bicyclic) bond motifs is 1. The van der Waals surface area contributed by atoms with E-state index in [2.05, 4.69) is 43.8 Å². The third-order valence-corrected chi connectivity index (χ3v) is 6.95. The molecule has 2 aliphatic heterocycles. The zero-order valence-electron chi connectivity index (χ0n) is 20.1. The number of nitrogens with zero attached hydrogens (tertiary/aromatic N) is 4. The minimum atomic E-state index is -0.489. The number of amides is 1. The van der Waals surface area contributed by atoms with Crippen molar-refractivity contribution in [2.45, 2.75) is 44.8 Å². The number of likely N-dealkylation sites (tertiary alicyclic amines) is 1. The van der Waals surface area contributed by atoms with Gasteiger partial charge in [0.2, 0.25) is 5.91 Å². The van der Waals surface area contributed by atoms with Crippen LogP contribution in [0.25, 0.3) is 21.9 Å². The van der Waals surface area contributed by atoms with Crippen molar-refractivity contribution in [3.63, 3.8) is 0 Å². The van der Waals surface area contributed by atoms with Crippen LogP contribution in [0.15, 0.2) is 36.7 Å². The molecule has 0 saturated carbocycles. The maximum absolute atomic E-state index is 12.7. The average molecular weight is 463 g/mol. The highest BCUT2D eigenvalue weighted by Crippen LogP contribution is 2.29. The fourth-order valence-electron chi connectivity index (χ4n) is 5.01. The number of anilines is 1. The fraction of sp³-hybridized carbons (Fsp3) is 0.500. The van der Waals surface area contributed by atoms with E-state index in [1.54, 1.807) is 0 Å². The first-order chi connectivity index (χ1) is 16.5. The quantitative estimate of drug-likeness (QED) is 0.585. The topological polar surface area (TPSA) is 84.3 Å². The van der Waals surface area contributed by atoms with Gasteiger partial charge in [0.1, 0.15) is 5.82 Å². The molecule has 1 atom stereocenters. The van der Waals surface area contributed by atoms with Crippen molar-refractivity contribution in [1.82, 2.24) is 25.0 Å². The van der Waals surface area contributed by atoms with Crippen LogP contribution < -0.4 is 10.6 Å². The molecule has 2 fully saturated rings. The van der Waals surface area contributed by atoms with E-state index in [9.17, 15) is 4.79 Å². The summed E-state index contributed by atoms with van der Waals surface area (Å²) in [6.07, 6.45) is 7.93. The van der Waals surface area contributed by atoms with Crippen LogP contribution in [0.1, 0.15) is 38.3 Å². The van der Waals surface area contributed by atoms with Crippen LogP contribution in [0.2, 0.25) is 0 Å². The maximum Gasteiger partial charge on any atom is 0.228 e. The predicted molar refractivity (Wildman–Crippen MR) is 134 cm³/mol. The van der Waals surface area contributed by atoms with Crippen molar-refractivity contribution >= 4 is 22.5 Å². The molecular formula is C26H34N6O2. The summed E-state index contributed by atoms with van der Waals surface area (Å²) in [6.45, 7) is 7.29. The Morgan fingerprint density at radius 2 is 2.03 bits per heavy atom. The van der Waals surface area contributed by atoms with Gasteiger partial charge in [-0.15, -0.1) is 0 Å². The van der Waals surface area contributed by atoms with Crippen LogP contribution in [0, 0.1) is 0 Å². The van der Waals surface area contributed by atoms with Crippen LogP contribution in [-0.4, -0.2) is 64.0 Å². The lowest BCUT2D eigenvalue weighted by atomic mass is 10.00. The molecule has 8 nitrogen and oxygen atoms in total. The molecule has 2 saturated heterocycles. The zero-order chi connectivity index (χ0) is 23.5. The standard InChI is InChI=1S/C26H34N6O2/c1-26(18-27-8-11-34-26)14-25(33)30-24-13-21-12-19(6-7-20(21)15-28-24)22-16-29-31(2)23(22)17-32-9-4-3-5-10-32/h6-7,12-13,15-16,27H,3-5,8-11,14,17-18H2,1-2H3,(H,28,30,33). The van der Waals surface area contributed by atoms with Gasteiger partial charge in [-0.25, -0.2) is 4.98 Å². The third kappa shape index (κ3) is 5.14. The Morgan fingerprint density at radius 1 is 1.18 bits per heavy atom. The Hall–Kier alpha value is -2.81. The van der Waals surface area contributed by atoms with Gasteiger partial charge in [0.25, 0.3) is 0 Å². The lowest BCUT2D eigenvalue weighted by molar-refractivity contribution is -0.125. The molecule has 1 unspecified atom stereocenters. The van der Waals surface area contributed by atoms with E-state index in [4.69, 9.17) is 4.74 Å². The Bertz CT molecular complexity index is 1160. The van der Waals surface area contributed by atoms with Gasteiger partial charge in [0.15, 0.2) is 0 Å². The van der Waals surface area contributed by atoms with Crippen molar-refractivity contribution in [2.75, 3.05) is 38.1 Å².